The van der Waals surface area contributed by atoms with Crippen molar-refractivity contribution in [2.75, 3.05) is 39.4 Å². The van der Waals surface area contributed by atoms with Crippen molar-refractivity contribution >= 4 is 5.91 Å². The van der Waals surface area contributed by atoms with Crippen molar-refractivity contribution < 1.29 is 9.53 Å². The highest BCUT2D eigenvalue weighted by molar-refractivity contribution is 5.77. The summed E-state index contributed by atoms with van der Waals surface area (Å²) in [4.78, 5) is 17.2. The number of hydrogen-bond acceptors (Lipinski definition) is 4. The molecule has 0 aromatic carbocycles. The largest absolute Gasteiger partial charge is 0.379 e. The van der Waals surface area contributed by atoms with E-state index in [1.807, 2.05) is 0 Å². The van der Waals surface area contributed by atoms with Crippen LogP contribution in [0.5, 0.6) is 0 Å². The third-order valence-corrected chi connectivity index (χ3v) is 5.42. The fraction of sp³-hybridized carbons (Fsp3) is 0.938. The number of amides is 1. The van der Waals surface area contributed by atoms with Gasteiger partial charge in [0.05, 0.1) is 13.2 Å². The van der Waals surface area contributed by atoms with E-state index < -0.39 is 0 Å². The van der Waals surface area contributed by atoms with Crippen molar-refractivity contribution in [3.63, 3.8) is 0 Å². The van der Waals surface area contributed by atoms with Gasteiger partial charge in [-0.15, -0.1) is 0 Å². The average molecular weight is 295 g/mol. The highest BCUT2D eigenvalue weighted by Gasteiger charge is 2.33. The first-order valence-corrected chi connectivity index (χ1v) is 8.59. The van der Waals surface area contributed by atoms with Gasteiger partial charge in [0.15, 0.2) is 0 Å². The maximum atomic E-state index is 12.6. The van der Waals surface area contributed by atoms with Crippen molar-refractivity contribution in [3.05, 3.63) is 0 Å². The maximum Gasteiger partial charge on any atom is 0.223 e. The summed E-state index contributed by atoms with van der Waals surface area (Å²) >= 11 is 0. The molecule has 2 N–H and O–H groups in total. The molecular formula is C16H29N3O2. The third kappa shape index (κ3) is 3.76. The van der Waals surface area contributed by atoms with Crippen LogP contribution in [0.4, 0.5) is 0 Å². The van der Waals surface area contributed by atoms with Crippen LogP contribution in [0.2, 0.25) is 0 Å². The number of morpholine rings is 1. The lowest BCUT2D eigenvalue weighted by atomic mass is 9.99. The van der Waals surface area contributed by atoms with Crippen LogP contribution >= 0.6 is 0 Å². The number of ether oxygens (including phenoxy) is 1. The highest BCUT2D eigenvalue weighted by atomic mass is 16.5. The molecule has 21 heavy (non-hydrogen) atoms. The Hall–Kier alpha value is -0.650. The molecule has 3 aliphatic rings. The van der Waals surface area contributed by atoms with Gasteiger partial charge in [0.25, 0.3) is 0 Å². The van der Waals surface area contributed by atoms with E-state index in [0.29, 0.717) is 24.3 Å². The van der Waals surface area contributed by atoms with E-state index in [1.54, 1.807) is 0 Å². The van der Waals surface area contributed by atoms with Crippen LogP contribution < -0.4 is 5.73 Å². The first-order chi connectivity index (χ1) is 10.2. The summed E-state index contributed by atoms with van der Waals surface area (Å²) in [5, 5.41) is 0. The summed E-state index contributed by atoms with van der Waals surface area (Å²) in [5.74, 6) is 0.759. The van der Waals surface area contributed by atoms with Gasteiger partial charge in [-0.2, -0.15) is 0 Å². The zero-order valence-corrected chi connectivity index (χ0v) is 13.0. The quantitative estimate of drug-likeness (QED) is 0.834. The number of rotatable bonds is 4. The van der Waals surface area contributed by atoms with Crippen LogP contribution in [-0.2, 0) is 9.53 Å². The molecule has 1 unspecified atom stereocenters. The van der Waals surface area contributed by atoms with Crippen molar-refractivity contribution in [1.82, 2.24) is 9.80 Å². The first kappa shape index (κ1) is 15.3. The van der Waals surface area contributed by atoms with E-state index in [0.717, 1.165) is 65.1 Å². The number of hydrogen-bond donors (Lipinski definition) is 1. The Bertz CT molecular complexity index is 357. The lowest BCUT2D eigenvalue weighted by Crippen LogP contribution is -2.47. The number of carbonyl (C=O) groups is 1. The molecule has 2 heterocycles. The molecule has 2 aliphatic heterocycles. The van der Waals surface area contributed by atoms with E-state index in [-0.39, 0.29) is 6.04 Å². The molecule has 3 atom stereocenters. The van der Waals surface area contributed by atoms with Gasteiger partial charge in [0.1, 0.15) is 0 Å². The monoisotopic (exact) mass is 295 g/mol. The molecule has 2 saturated heterocycles. The molecule has 5 heteroatoms. The topological polar surface area (TPSA) is 58.8 Å². The molecule has 1 amide bonds. The van der Waals surface area contributed by atoms with Gasteiger partial charge in [0.2, 0.25) is 5.91 Å². The molecule has 3 rings (SSSR count). The van der Waals surface area contributed by atoms with Crippen LogP contribution in [0.25, 0.3) is 0 Å². The molecule has 1 saturated carbocycles. The predicted molar refractivity (Wildman–Crippen MR) is 81.9 cm³/mol. The Labute approximate surface area is 127 Å². The smallest absolute Gasteiger partial charge is 0.223 e. The second-order valence-corrected chi connectivity index (χ2v) is 6.86. The number of carbonyl (C=O) groups excluding carboxylic acids is 1. The fourth-order valence-electron chi connectivity index (χ4n) is 4.10. The van der Waals surface area contributed by atoms with Gasteiger partial charge < -0.3 is 15.4 Å². The van der Waals surface area contributed by atoms with E-state index in [1.165, 1.54) is 6.42 Å². The Balaban J connectivity index is 1.51. The summed E-state index contributed by atoms with van der Waals surface area (Å²) in [6.07, 6.45) is 6.39. The predicted octanol–water partition coefficient (Wildman–Crippen LogP) is 0.827. The lowest BCUT2D eigenvalue weighted by molar-refractivity contribution is -0.133. The Kier molecular flexibility index (Phi) is 5.14. The van der Waals surface area contributed by atoms with E-state index in [9.17, 15) is 4.79 Å². The van der Waals surface area contributed by atoms with Gasteiger partial charge in [-0.1, -0.05) is 6.42 Å². The zero-order valence-electron chi connectivity index (χ0n) is 13.0. The summed E-state index contributed by atoms with van der Waals surface area (Å²) in [6.45, 7) is 5.63. The number of likely N-dealkylation sites (tertiary alicyclic amines) is 1. The molecule has 0 spiro atoms. The van der Waals surface area contributed by atoms with Gasteiger partial charge in [0, 0.05) is 44.7 Å². The molecule has 3 fully saturated rings. The van der Waals surface area contributed by atoms with Crippen LogP contribution in [0.15, 0.2) is 0 Å². The molecule has 0 bridgehead atoms. The SMILES string of the molecule is N[C@@H]1CCC[C@H]1CC(=O)N1CCCC1CN1CCOCC1. The Morgan fingerprint density at radius 2 is 1.90 bits per heavy atom. The van der Waals surface area contributed by atoms with E-state index >= 15 is 0 Å². The van der Waals surface area contributed by atoms with Crippen LogP contribution in [0.3, 0.4) is 0 Å². The summed E-state index contributed by atoms with van der Waals surface area (Å²) in [5.41, 5.74) is 6.12. The third-order valence-electron chi connectivity index (χ3n) is 5.42. The Morgan fingerprint density at radius 3 is 2.62 bits per heavy atom. The fourth-order valence-corrected chi connectivity index (χ4v) is 4.10. The standard InChI is InChI=1S/C16H29N3O2/c17-15-5-1-3-13(15)11-16(20)19-6-2-4-14(19)12-18-7-9-21-10-8-18/h13-15H,1-12,17H2/t13-,14?,15+/m0/s1. The molecule has 5 nitrogen and oxygen atoms in total. The molecule has 1 aliphatic carbocycles. The molecule has 0 radical (unpaired) electrons. The van der Waals surface area contributed by atoms with Crippen molar-refractivity contribution in [1.29, 1.82) is 0 Å². The number of nitrogens with zero attached hydrogens (tertiary/aromatic N) is 2. The van der Waals surface area contributed by atoms with E-state index in [4.69, 9.17) is 10.5 Å². The lowest BCUT2D eigenvalue weighted by Gasteiger charge is -2.33. The van der Waals surface area contributed by atoms with Gasteiger partial charge in [-0.05, 0) is 31.6 Å². The second-order valence-electron chi connectivity index (χ2n) is 6.86. The molecule has 120 valence electrons. The first-order valence-electron chi connectivity index (χ1n) is 8.59. The maximum absolute atomic E-state index is 12.6. The second kappa shape index (κ2) is 7.07. The zero-order chi connectivity index (χ0) is 14.7. The van der Waals surface area contributed by atoms with Gasteiger partial charge in [-0.25, -0.2) is 0 Å². The summed E-state index contributed by atoms with van der Waals surface area (Å²) in [7, 11) is 0. The molecular weight excluding hydrogens is 266 g/mol. The van der Waals surface area contributed by atoms with Gasteiger partial charge in [-0.3, -0.25) is 9.69 Å². The molecule has 0 aromatic heterocycles. The minimum Gasteiger partial charge on any atom is -0.379 e. The highest BCUT2D eigenvalue weighted by Crippen LogP contribution is 2.29. The van der Waals surface area contributed by atoms with E-state index in [2.05, 4.69) is 9.80 Å². The van der Waals surface area contributed by atoms with Gasteiger partial charge >= 0.3 is 0 Å². The Morgan fingerprint density at radius 1 is 1.10 bits per heavy atom. The van der Waals surface area contributed by atoms with Crippen molar-refractivity contribution in [2.45, 2.75) is 50.6 Å². The average Bonchev–Trinajstić information content (AvgIpc) is 3.10. The van der Waals surface area contributed by atoms with Crippen LogP contribution in [0.1, 0.15) is 38.5 Å². The van der Waals surface area contributed by atoms with Crippen LogP contribution in [-0.4, -0.2) is 67.2 Å². The van der Waals surface area contributed by atoms with Crippen molar-refractivity contribution in [2.24, 2.45) is 11.7 Å². The van der Waals surface area contributed by atoms with Crippen LogP contribution in [0, 0.1) is 5.92 Å². The summed E-state index contributed by atoms with van der Waals surface area (Å²) in [6, 6.07) is 0.655. The minimum atomic E-state index is 0.245. The normalized spacial score (nSPS) is 34.5. The van der Waals surface area contributed by atoms with Crippen molar-refractivity contribution in [3.8, 4) is 0 Å². The molecule has 0 aromatic rings. The number of nitrogens with two attached hydrogens (primary N) is 1. The minimum absolute atomic E-state index is 0.245. The summed E-state index contributed by atoms with van der Waals surface area (Å²) < 4.78 is 5.40.